The van der Waals surface area contributed by atoms with Crippen LogP contribution in [0.1, 0.15) is 20.8 Å². The van der Waals surface area contributed by atoms with E-state index in [1.165, 1.54) is 13.0 Å². The molecule has 0 saturated carbocycles. The van der Waals surface area contributed by atoms with Crippen LogP contribution in [0.5, 0.6) is 0 Å². The first-order chi connectivity index (χ1) is 16.3. The monoisotopic (exact) mass is 485 g/mol. The molecule has 2 N–H and O–H groups in total. The van der Waals surface area contributed by atoms with Gasteiger partial charge in [-0.3, -0.25) is 19.5 Å². The number of rotatable bonds is 8. The minimum atomic E-state index is -1.17. The third kappa shape index (κ3) is 6.41. The molecule has 1 unspecified atom stereocenters. The number of nitrogens with one attached hydrogen (secondary N) is 2. The Morgan fingerprint density at radius 1 is 1.03 bits per heavy atom. The lowest BCUT2D eigenvalue weighted by Crippen LogP contribution is -2.46. The van der Waals surface area contributed by atoms with Gasteiger partial charge < -0.3 is 10.1 Å². The number of ether oxygens (including phenoxy) is 1. The van der Waals surface area contributed by atoms with Gasteiger partial charge in [-0.15, -0.1) is 10.2 Å². The Labute approximate surface area is 200 Å². The standard InChI is InChI=1S/C23H24FN5O4S/c1-14(2)25-22(32)26-21(31)15(3)33-19(30)13-34-23-28-27-20(17-11-7-8-12-18(17)24)29(23)16-9-5-4-6-10-16/h4-12,14-15H,13H2,1-3H3,(H2,25,26,31,32). The maximum atomic E-state index is 14.4. The minimum Gasteiger partial charge on any atom is -0.452 e. The normalized spacial score (nSPS) is 11.7. The van der Waals surface area contributed by atoms with Crippen molar-refractivity contribution in [3.63, 3.8) is 0 Å². The molecule has 3 amide bonds. The minimum absolute atomic E-state index is 0.154. The highest BCUT2D eigenvalue weighted by molar-refractivity contribution is 7.99. The number of esters is 1. The van der Waals surface area contributed by atoms with Crippen molar-refractivity contribution in [2.24, 2.45) is 0 Å². The van der Waals surface area contributed by atoms with Crippen molar-refractivity contribution >= 4 is 29.7 Å². The average molecular weight is 486 g/mol. The van der Waals surface area contributed by atoms with Gasteiger partial charge in [-0.05, 0) is 45.0 Å². The van der Waals surface area contributed by atoms with Crippen LogP contribution in [0.15, 0.2) is 59.8 Å². The molecule has 3 rings (SSSR count). The van der Waals surface area contributed by atoms with Crippen LogP contribution in [0.3, 0.4) is 0 Å². The zero-order valence-corrected chi connectivity index (χ0v) is 19.6. The van der Waals surface area contributed by atoms with Gasteiger partial charge in [0.1, 0.15) is 5.82 Å². The molecule has 0 radical (unpaired) electrons. The lowest BCUT2D eigenvalue weighted by Gasteiger charge is -2.14. The molecule has 0 aliphatic rings. The second-order valence-electron chi connectivity index (χ2n) is 7.50. The van der Waals surface area contributed by atoms with Gasteiger partial charge >= 0.3 is 12.0 Å². The predicted molar refractivity (Wildman–Crippen MR) is 125 cm³/mol. The fourth-order valence-corrected chi connectivity index (χ4v) is 3.64. The number of hydrogen-bond acceptors (Lipinski definition) is 7. The van der Waals surface area contributed by atoms with E-state index in [-0.39, 0.29) is 23.2 Å². The molecular formula is C23H24FN5O4S. The molecule has 1 aromatic heterocycles. The maximum Gasteiger partial charge on any atom is 0.321 e. The first kappa shape index (κ1) is 24.9. The fourth-order valence-electron chi connectivity index (χ4n) is 2.91. The van der Waals surface area contributed by atoms with E-state index >= 15 is 0 Å². The van der Waals surface area contributed by atoms with Crippen molar-refractivity contribution in [2.75, 3.05) is 5.75 Å². The Bertz CT molecular complexity index is 1170. The van der Waals surface area contributed by atoms with Crippen LogP contribution >= 0.6 is 11.8 Å². The van der Waals surface area contributed by atoms with Crippen molar-refractivity contribution in [1.82, 2.24) is 25.4 Å². The van der Waals surface area contributed by atoms with E-state index in [4.69, 9.17) is 4.74 Å². The van der Waals surface area contributed by atoms with Crippen LogP contribution in [0, 0.1) is 5.82 Å². The summed E-state index contributed by atoms with van der Waals surface area (Å²) in [4.78, 5) is 36.0. The molecule has 1 heterocycles. The number of imide groups is 1. The quantitative estimate of drug-likeness (QED) is 0.371. The van der Waals surface area contributed by atoms with Crippen LogP contribution in [0.2, 0.25) is 0 Å². The second kappa shape index (κ2) is 11.4. The van der Waals surface area contributed by atoms with Crippen LogP contribution in [0.4, 0.5) is 9.18 Å². The van der Waals surface area contributed by atoms with Gasteiger partial charge in [0.2, 0.25) is 0 Å². The third-order valence-corrected chi connectivity index (χ3v) is 5.32. The molecule has 0 spiro atoms. The molecule has 1 atom stereocenters. The summed E-state index contributed by atoms with van der Waals surface area (Å²) in [6.45, 7) is 4.86. The predicted octanol–water partition coefficient (Wildman–Crippen LogP) is 3.33. The Kier molecular flexibility index (Phi) is 8.36. The molecule has 0 bridgehead atoms. The highest BCUT2D eigenvalue weighted by Gasteiger charge is 2.23. The number of hydrogen-bond donors (Lipinski definition) is 2. The van der Waals surface area contributed by atoms with E-state index in [9.17, 15) is 18.8 Å². The summed E-state index contributed by atoms with van der Waals surface area (Å²) in [5.41, 5.74) is 0.948. The van der Waals surface area contributed by atoms with Gasteiger partial charge in [-0.1, -0.05) is 42.1 Å². The molecule has 178 valence electrons. The number of carbonyl (C=O) groups excluding carboxylic acids is 3. The molecule has 0 aliphatic carbocycles. The van der Waals surface area contributed by atoms with E-state index in [0.717, 1.165) is 11.8 Å². The van der Waals surface area contributed by atoms with Gasteiger partial charge in [0.15, 0.2) is 17.1 Å². The number of thioether (sulfide) groups is 1. The lowest BCUT2D eigenvalue weighted by molar-refractivity contribution is -0.151. The zero-order valence-electron chi connectivity index (χ0n) is 18.8. The Morgan fingerprint density at radius 2 is 1.71 bits per heavy atom. The summed E-state index contributed by atoms with van der Waals surface area (Å²) in [6.07, 6.45) is -1.17. The molecule has 9 nitrogen and oxygen atoms in total. The molecule has 0 aliphatic heterocycles. The Morgan fingerprint density at radius 3 is 2.38 bits per heavy atom. The molecule has 11 heteroatoms. The summed E-state index contributed by atoms with van der Waals surface area (Å²) >= 11 is 1.03. The summed E-state index contributed by atoms with van der Waals surface area (Å²) in [5.74, 6) is -1.79. The zero-order chi connectivity index (χ0) is 24.7. The highest BCUT2D eigenvalue weighted by atomic mass is 32.2. The van der Waals surface area contributed by atoms with Crippen molar-refractivity contribution in [1.29, 1.82) is 0 Å². The Hall–Kier alpha value is -3.73. The number of urea groups is 1. The van der Waals surface area contributed by atoms with Crippen molar-refractivity contribution in [3.05, 3.63) is 60.4 Å². The van der Waals surface area contributed by atoms with Gasteiger partial charge in [-0.2, -0.15) is 0 Å². The van der Waals surface area contributed by atoms with E-state index in [2.05, 4.69) is 20.8 Å². The van der Waals surface area contributed by atoms with Gasteiger partial charge in [0.05, 0.1) is 11.3 Å². The van der Waals surface area contributed by atoms with Crippen LogP contribution < -0.4 is 10.6 Å². The van der Waals surface area contributed by atoms with Crippen LogP contribution in [-0.4, -0.2) is 50.6 Å². The van der Waals surface area contributed by atoms with Crippen molar-refractivity contribution in [3.8, 4) is 17.1 Å². The van der Waals surface area contributed by atoms with E-state index < -0.39 is 29.8 Å². The number of carbonyl (C=O) groups is 3. The number of amides is 3. The number of aromatic nitrogens is 3. The number of benzene rings is 2. The highest BCUT2D eigenvalue weighted by Crippen LogP contribution is 2.29. The molecule has 3 aromatic rings. The third-order valence-electron chi connectivity index (χ3n) is 4.42. The number of para-hydroxylation sites is 1. The first-order valence-electron chi connectivity index (χ1n) is 10.5. The SMILES string of the molecule is CC(C)NC(=O)NC(=O)C(C)OC(=O)CSc1nnc(-c2ccccc2F)n1-c1ccccc1. The number of nitrogens with zero attached hydrogens (tertiary/aromatic N) is 3. The fraction of sp³-hybridized carbons (Fsp3) is 0.261. The molecule has 0 saturated heterocycles. The molecule has 0 fully saturated rings. The van der Waals surface area contributed by atoms with Crippen LogP contribution in [-0.2, 0) is 14.3 Å². The van der Waals surface area contributed by atoms with E-state index in [1.54, 1.807) is 36.6 Å². The van der Waals surface area contributed by atoms with Crippen molar-refractivity contribution in [2.45, 2.75) is 38.1 Å². The number of halogens is 1. The average Bonchev–Trinajstić information content (AvgIpc) is 3.21. The largest absolute Gasteiger partial charge is 0.452 e. The summed E-state index contributed by atoms with van der Waals surface area (Å²) in [7, 11) is 0. The maximum absolute atomic E-state index is 14.4. The molecule has 34 heavy (non-hydrogen) atoms. The van der Waals surface area contributed by atoms with E-state index in [0.29, 0.717) is 10.8 Å². The topological polar surface area (TPSA) is 115 Å². The van der Waals surface area contributed by atoms with E-state index in [1.807, 2.05) is 30.3 Å². The molecule has 2 aromatic carbocycles. The van der Waals surface area contributed by atoms with Gasteiger partial charge in [-0.25, -0.2) is 9.18 Å². The summed E-state index contributed by atoms with van der Waals surface area (Å²) in [6, 6.07) is 14.5. The van der Waals surface area contributed by atoms with Crippen LogP contribution in [0.25, 0.3) is 17.1 Å². The second-order valence-corrected chi connectivity index (χ2v) is 8.44. The first-order valence-corrected chi connectivity index (χ1v) is 11.4. The Balaban J connectivity index is 1.71. The van der Waals surface area contributed by atoms with Gasteiger partial charge in [0, 0.05) is 11.7 Å². The summed E-state index contributed by atoms with van der Waals surface area (Å²) < 4.78 is 21.2. The van der Waals surface area contributed by atoms with Gasteiger partial charge in [0.25, 0.3) is 5.91 Å². The lowest BCUT2D eigenvalue weighted by atomic mass is 10.2. The molecular weight excluding hydrogens is 461 g/mol. The smallest absolute Gasteiger partial charge is 0.321 e. The van der Waals surface area contributed by atoms with Crippen molar-refractivity contribution < 1.29 is 23.5 Å². The summed E-state index contributed by atoms with van der Waals surface area (Å²) in [5, 5.41) is 13.2.